The van der Waals surface area contributed by atoms with Gasteiger partial charge in [0, 0.05) is 11.4 Å². The first-order valence-corrected chi connectivity index (χ1v) is 6.99. The van der Waals surface area contributed by atoms with Crippen LogP contribution in [-0.4, -0.2) is 12.6 Å². The number of carbonyl (C=O) groups is 1. The Morgan fingerprint density at radius 1 is 1.29 bits per heavy atom. The Morgan fingerprint density at radius 3 is 2.57 bits per heavy atom. The zero-order valence-corrected chi connectivity index (χ0v) is 12.7. The first kappa shape index (κ1) is 15.2. The third-order valence-electron chi connectivity index (χ3n) is 2.93. The van der Waals surface area contributed by atoms with Crippen LogP contribution in [0, 0.1) is 6.92 Å². The van der Waals surface area contributed by atoms with E-state index in [1.807, 2.05) is 31.2 Å². The average Bonchev–Trinajstić information content (AvgIpc) is 2.44. The van der Waals surface area contributed by atoms with E-state index in [9.17, 15) is 4.79 Å². The largest absolute Gasteiger partial charge is 0.462 e. The summed E-state index contributed by atoms with van der Waals surface area (Å²) in [6, 6.07) is 10.9. The summed E-state index contributed by atoms with van der Waals surface area (Å²) in [4.78, 5) is 12.0. The molecule has 110 valence electrons. The van der Waals surface area contributed by atoms with Crippen LogP contribution in [0.5, 0.6) is 0 Å². The number of hydrogen-bond acceptors (Lipinski definition) is 4. The van der Waals surface area contributed by atoms with Crippen molar-refractivity contribution in [3.05, 3.63) is 52.5 Å². The van der Waals surface area contributed by atoms with Crippen LogP contribution in [0.1, 0.15) is 22.8 Å². The number of hydrogen-bond donors (Lipinski definition) is 2. The molecule has 0 radical (unpaired) electrons. The summed E-state index contributed by atoms with van der Waals surface area (Å²) in [5.74, 6) is -0.457. The summed E-state index contributed by atoms with van der Waals surface area (Å²) in [6.45, 7) is 4.04. The van der Waals surface area contributed by atoms with Gasteiger partial charge in [-0.25, -0.2) is 4.79 Å². The molecule has 3 N–H and O–H groups in total. The Bertz CT molecular complexity index is 654. The molecule has 0 aliphatic carbocycles. The Balaban J connectivity index is 2.41. The highest BCUT2D eigenvalue weighted by Gasteiger charge is 2.17. The number of carbonyl (C=O) groups excluding carboxylic acids is 1. The molecule has 2 rings (SSSR count). The van der Waals surface area contributed by atoms with Crippen LogP contribution in [0.3, 0.4) is 0 Å². The minimum Gasteiger partial charge on any atom is -0.462 e. The molecule has 0 unspecified atom stereocenters. The van der Waals surface area contributed by atoms with E-state index in [1.165, 1.54) is 0 Å². The van der Waals surface area contributed by atoms with Crippen LogP contribution in [0.25, 0.3) is 0 Å². The van der Waals surface area contributed by atoms with Gasteiger partial charge in [-0.15, -0.1) is 0 Å². The zero-order valence-electron chi connectivity index (χ0n) is 11.9. The van der Waals surface area contributed by atoms with E-state index in [0.717, 1.165) is 11.3 Å². The van der Waals surface area contributed by atoms with Crippen molar-refractivity contribution in [1.29, 1.82) is 0 Å². The van der Waals surface area contributed by atoms with Crippen molar-refractivity contribution in [3.63, 3.8) is 0 Å². The van der Waals surface area contributed by atoms with Crippen molar-refractivity contribution in [1.82, 2.24) is 0 Å². The van der Waals surface area contributed by atoms with Crippen molar-refractivity contribution in [2.45, 2.75) is 13.8 Å². The topological polar surface area (TPSA) is 64.3 Å². The number of benzene rings is 2. The van der Waals surface area contributed by atoms with Crippen molar-refractivity contribution in [2.75, 3.05) is 17.7 Å². The molecule has 0 fully saturated rings. The number of nitrogen functional groups attached to an aromatic ring is 1. The molecule has 0 aromatic heterocycles. The van der Waals surface area contributed by atoms with Gasteiger partial charge in [-0.2, -0.15) is 0 Å². The van der Waals surface area contributed by atoms with E-state index < -0.39 is 5.97 Å². The lowest BCUT2D eigenvalue weighted by molar-refractivity contribution is 0.0527. The van der Waals surface area contributed by atoms with Gasteiger partial charge in [0.1, 0.15) is 0 Å². The van der Waals surface area contributed by atoms with E-state index in [4.69, 9.17) is 22.1 Å². The molecule has 0 aliphatic rings. The molecule has 0 heterocycles. The van der Waals surface area contributed by atoms with Crippen LogP contribution >= 0.6 is 11.6 Å². The van der Waals surface area contributed by atoms with Crippen LogP contribution in [0.2, 0.25) is 5.02 Å². The second kappa shape index (κ2) is 6.50. The highest BCUT2D eigenvalue weighted by molar-refractivity contribution is 6.34. The van der Waals surface area contributed by atoms with Gasteiger partial charge in [-0.1, -0.05) is 29.3 Å². The summed E-state index contributed by atoms with van der Waals surface area (Å²) < 4.78 is 5.04. The number of nitrogens with two attached hydrogens (primary N) is 1. The van der Waals surface area contributed by atoms with Gasteiger partial charge in [0.15, 0.2) is 0 Å². The lowest BCUT2D eigenvalue weighted by Gasteiger charge is -2.14. The Kier molecular flexibility index (Phi) is 4.70. The molecule has 0 spiro atoms. The number of ether oxygens (including phenoxy) is 1. The van der Waals surface area contributed by atoms with Gasteiger partial charge in [-0.05, 0) is 38.1 Å². The third kappa shape index (κ3) is 3.67. The molecule has 21 heavy (non-hydrogen) atoms. The fraction of sp³-hybridized carbons (Fsp3) is 0.188. The van der Waals surface area contributed by atoms with Gasteiger partial charge in [0.25, 0.3) is 0 Å². The Morgan fingerprint density at radius 2 is 1.95 bits per heavy atom. The molecule has 0 saturated carbocycles. The number of aryl methyl sites for hydroxylation is 1. The highest BCUT2D eigenvalue weighted by atomic mass is 35.5. The van der Waals surface area contributed by atoms with E-state index in [0.29, 0.717) is 22.0 Å². The first-order chi connectivity index (χ1) is 10.0. The fourth-order valence-corrected chi connectivity index (χ4v) is 2.18. The molecule has 4 nitrogen and oxygen atoms in total. The minimum atomic E-state index is -0.457. The van der Waals surface area contributed by atoms with E-state index in [2.05, 4.69) is 5.32 Å². The van der Waals surface area contributed by atoms with Gasteiger partial charge >= 0.3 is 5.97 Å². The van der Waals surface area contributed by atoms with E-state index >= 15 is 0 Å². The molecule has 0 aliphatic heterocycles. The Labute approximate surface area is 128 Å². The number of anilines is 3. The van der Waals surface area contributed by atoms with Crippen molar-refractivity contribution in [2.24, 2.45) is 0 Å². The number of nitrogens with one attached hydrogen (secondary N) is 1. The van der Waals surface area contributed by atoms with Crippen molar-refractivity contribution in [3.8, 4) is 0 Å². The monoisotopic (exact) mass is 304 g/mol. The van der Waals surface area contributed by atoms with E-state index in [1.54, 1.807) is 19.1 Å². The summed E-state index contributed by atoms with van der Waals surface area (Å²) in [5, 5.41) is 3.52. The van der Waals surface area contributed by atoms with Crippen LogP contribution in [0.4, 0.5) is 17.1 Å². The normalized spacial score (nSPS) is 10.2. The lowest BCUT2D eigenvalue weighted by Crippen LogP contribution is -2.09. The third-order valence-corrected chi connectivity index (χ3v) is 3.23. The summed E-state index contributed by atoms with van der Waals surface area (Å²) in [7, 11) is 0. The quantitative estimate of drug-likeness (QED) is 0.658. The predicted octanol–water partition coefficient (Wildman–Crippen LogP) is 4.15. The molecule has 0 saturated heterocycles. The zero-order chi connectivity index (χ0) is 15.4. The van der Waals surface area contributed by atoms with Crippen molar-refractivity contribution < 1.29 is 9.53 Å². The summed E-state index contributed by atoms with van der Waals surface area (Å²) in [6.07, 6.45) is 0. The second-order valence-electron chi connectivity index (χ2n) is 4.64. The molecule has 2 aromatic carbocycles. The number of esters is 1. The molecule has 5 heteroatoms. The maximum absolute atomic E-state index is 12.0. The fourth-order valence-electron chi connectivity index (χ4n) is 1.91. The molecule has 0 atom stereocenters. The predicted molar refractivity (Wildman–Crippen MR) is 86.3 cm³/mol. The van der Waals surface area contributed by atoms with Gasteiger partial charge in [0.05, 0.1) is 22.9 Å². The Hall–Kier alpha value is -2.20. The van der Waals surface area contributed by atoms with Gasteiger partial charge in [-0.3, -0.25) is 0 Å². The van der Waals surface area contributed by atoms with E-state index in [-0.39, 0.29) is 6.61 Å². The molecular formula is C16H17ClN2O2. The van der Waals surface area contributed by atoms with Gasteiger partial charge in [0.2, 0.25) is 0 Å². The maximum atomic E-state index is 12.0. The number of rotatable bonds is 4. The molecule has 0 amide bonds. The average molecular weight is 305 g/mol. The highest BCUT2D eigenvalue weighted by Crippen LogP contribution is 2.32. The second-order valence-corrected chi connectivity index (χ2v) is 5.04. The lowest BCUT2D eigenvalue weighted by atomic mass is 10.1. The maximum Gasteiger partial charge on any atom is 0.340 e. The SMILES string of the molecule is CCOC(=O)c1cc(N)cc(Cl)c1Nc1ccc(C)cc1. The number of halogens is 1. The summed E-state index contributed by atoms with van der Waals surface area (Å²) >= 11 is 6.21. The standard InChI is InChI=1S/C16H17ClN2O2/c1-3-21-16(20)13-8-11(18)9-14(17)15(13)19-12-6-4-10(2)5-7-12/h4-9,19H,3,18H2,1-2H3. The van der Waals surface area contributed by atoms with Crippen molar-refractivity contribution >= 4 is 34.6 Å². The van der Waals surface area contributed by atoms with Crippen LogP contribution in [0.15, 0.2) is 36.4 Å². The van der Waals surface area contributed by atoms with Gasteiger partial charge < -0.3 is 15.8 Å². The molecular weight excluding hydrogens is 288 g/mol. The smallest absolute Gasteiger partial charge is 0.340 e. The first-order valence-electron chi connectivity index (χ1n) is 6.61. The molecule has 2 aromatic rings. The molecule has 0 bridgehead atoms. The minimum absolute atomic E-state index is 0.287. The van der Waals surface area contributed by atoms with Crippen LogP contribution < -0.4 is 11.1 Å². The summed E-state index contributed by atoms with van der Waals surface area (Å²) in [5.41, 5.74) is 8.96. The van der Waals surface area contributed by atoms with Crippen LogP contribution in [-0.2, 0) is 4.74 Å².